The third kappa shape index (κ3) is 1.27. The van der Waals surface area contributed by atoms with E-state index in [0.717, 1.165) is 17.2 Å². The standard InChI is InChI=1S/C8H11N5S/c1-5-7(4-12(3)11-5)13-6(2)9-10-8(13)14/h4H,1-3H3,(H,10,14). The van der Waals surface area contributed by atoms with Crippen LogP contribution in [0.4, 0.5) is 0 Å². The summed E-state index contributed by atoms with van der Waals surface area (Å²) in [5.74, 6) is 0.839. The number of aromatic nitrogens is 5. The summed E-state index contributed by atoms with van der Waals surface area (Å²) >= 11 is 5.13. The van der Waals surface area contributed by atoms with Crippen molar-refractivity contribution >= 4 is 12.2 Å². The largest absolute Gasteiger partial charge is 0.273 e. The predicted octanol–water partition coefficient (Wildman–Crippen LogP) is 1.28. The van der Waals surface area contributed by atoms with Crippen molar-refractivity contribution in [3.8, 4) is 5.69 Å². The van der Waals surface area contributed by atoms with E-state index in [1.807, 2.05) is 31.7 Å². The number of hydrogen-bond acceptors (Lipinski definition) is 3. The zero-order valence-corrected chi connectivity index (χ0v) is 9.09. The van der Waals surface area contributed by atoms with Crippen molar-refractivity contribution in [3.63, 3.8) is 0 Å². The molecule has 0 atom stereocenters. The average Bonchev–Trinajstić information content (AvgIpc) is 2.57. The molecule has 74 valence electrons. The van der Waals surface area contributed by atoms with E-state index in [9.17, 15) is 0 Å². The number of aromatic amines is 1. The molecule has 5 nitrogen and oxygen atoms in total. The normalized spacial score (nSPS) is 10.8. The van der Waals surface area contributed by atoms with Crippen LogP contribution in [-0.4, -0.2) is 24.5 Å². The summed E-state index contributed by atoms with van der Waals surface area (Å²) in [5.41, 5.74) is 1.91. The van der Waals surface area contributed by atoms with Gasteiger partial charge in [0.15, 0.2) is 4.77 Å². The molecule has 0 saturated heterocycles. The molecule has 0 saturated carbocycles. The van der Waals surface area contributed by atoms with E-state index >= 15 is 0 Å². The molecule has 0 unspecified atom stereocenters. The number of H-pyrrole nitrogens is 1. The molecule has 0 fully saturated rings. The molecule has 1 N–H and O–H groups in total. The summed E-state index contributed by atoms with van der Waals surface area (Å²) in [4.78, 5) is 0. The second-order valence-corrected chi connectivity index (χ2v) is 3.57. The van der Waals surface area contributed by atoms with Gasteiger partial charge in [0.1, 0.15) is 5.82 Å². The Balaban J connectivity index is 2.71. The van der Waals surface area contributed by atoms with E-state index in [0.29, 0.717) is 4.77 Å². The maximum absolute atomic E-state index is 5.13. The van der Waals surface area contributed by atoms with E-state index in [2.05, 4.69) is 15.3 Å². The lowest BCUT2D eigenvalue weighted by atomic mass is 10.4. The fourth-order valence-corrected chi connectivity index (χ4v) is 1.74. The van der Waals surface area contributed by atoms with Gasteiger partial charge in [0.2, 0.25) is 0 Å². The van der Waals surface area contributed by atoms with Gasteiger partial charge in [-0.25, -0.2) is 0 Å². The SMILES string of the molecule is Cc1nn(C)cc1-n1c(C)n[nH]c1=S. The zero-order chi connectivity index (χ0) is 10.3. The first-order chi connectivity index (χ1) is 6.59. The molecule has 2 rings (SSSR count). The number of aryl methyl sites for hydroxylation is 3. The number of nitrogens with zero attached hydrogens (tertiary/aromatic N) is 4. The van der Waals surface area contributed by atoms with Crippen molar-refractivity contribution in [3.05, 3.63) is 22.5 Å². The molecule has 0 bridgehead atoms. The van der Waals surface area contributed by atoms with E-state index in [1.165, 1.54) is 0 Å². The summed E-state index contributed by atoms with van der Waals surface area (Å²) in [6.07, 6.45) is 1.92. The first-order valence-electron chi connectivity index (χ1n) is 4.24. The fourth-order valence-electron chi connectivity index (χ4n) is 1.47. The molecule has 2 aromatic rings. The number of hydrogen-bond donors (Lipinski definition) is 1. The van der Waals surface area contributed by atoms with Gasteiger partial charge in [0.05, 0.1) is 11.4 Å². The van der Waals surface area contributed by atoms with Crippen LogP contribution in [0.2, 0.25) is 0 Å². The lowest BCUT2D eigenvalue weighted by molar-refractivity contribution is 0.756. The highest BCUT2D eigenvalue weighted by molar-refractivity contribution is 7.71. The smallest absolute Gasteiger partial charge is 0.199 e. The molecule has 0 radical (unpaired) electrons. The lowest BCUT2D eigenvalue weighted by Crippen LogP contribution is -1.97. The quantitative estimate of drug-likeness (QED) is 0.720. The summed E-state index contributed by atoms with van der Waals surface area (Å²) in [6, 6.07) is 0. The van der Waals surface area contributed by atoms with Crippen LogP contribution in [0, 0.1) is 18.6 Å². The van der Waals surface area contributed by atoms with Gasteiger partial charge in [-0.3, -0.25) is 14.3 Å². The van der Waals surface area contributed by atoms with Gasteiger partial charge in [-0.15, -0.1) is 0 Å². The van der Waals surface area contributed by atoms with Gasteiger partial charge in [-0.2, -0.15) is 10.2 Å². The zero-order valence-electron chi connectivity index (χ0n) is 8.27. The van der Waals surface area contributed by atoms with Crippen LogP contribution in [0.5, 0.6) is 0 Å². The molecule has 0 aromatic carbocycles. The summed E-state index contributed by atoms with van der Waals surface area (Å²) in [5, 5.41) is 11.1. The summed E-state index contributed by atoms with van der Waals surface area (Å²) < 4.78 is 4.23. The van der Waals surface area contributed by atoms with Crippen LogP contribution in [0.25, 0.3) is 5.69 Å². The Bertz CT molecular complexity index is 518. The Morgan fingerprint density at radius 2 is 2.14 bits per heavy atom. The number of nitrogens with one attached hydrogen (secondary N) is 1. The third-order valence-corrected chi connectivity index (χ3v) is 2.34. The molecule has 0 amide bonds. The van der Waals surface area contributed by atoms with Crippen LogP contribution >= 0.6 is 12.2 Å². The van der Waals surface area contributed by atoms with E-state index < -0.39 is 0 Å². The number of rotatable bonds is 1. The minimum Gasteiger partial charge on any atom is -0.273 e. The maximum atomic E-state index is 5.13. The Morgan fingerprint density at radius 3 is 2.57 bits per heavy atom. The average molecular weight is 209 g/mol. The van der Waals surface area contributed by atoms with Gasteiger partial charge in [0, 0.05) is 13.2 Å². The van der Waals surface area contributed by atoms with Gasteiger partial charge in [0.25, 0.3) is 0 Å². The summed E-state index contributed by atoms with van der Waals surface area (Å²) in [6.45, 7) is 3.85. The Hall–Kier alpha value is -1.43. The molecule has 0 aliphatic rings. The van der Waals surface area contributed by atoms with Crippen molar-refractivity contribution in [1.82, 2.24) is 24.5 Å². The summed E-state index contributed by atoms with van der Waals surface area (Å²) in [7, 11) is 1.88. The Morgan fingerprint density at radius 1 is 1.43 bits per heavy atom. The highest BCUT2D eigenvalue weighted by Gasteiger charge is 2.09. The van der Waals surface area contributed by atoms with Crippen LogP contribution in [0.15, 0.2) is 6.20 Å². The second kappa shape index (κ2) is 3.06. The lowest BCUT2D eigenvalue weighted by Gasteiger charge is -1.99. The highest BCUT2D eigenvalue weighted by atomic mass is 32.1. The van der Waals surface area contributed by atoms with Crippen molar-refractivity contribution < 1.29 is 0 Å². The molecule has 0 spiro atoms. The Labute approximate surface area is 86.4 Å². The highest BCUT2D eigenvalue weighted by Crippen LogP contribution is 2.13. The van der Waals surface area contributed by atoms with Crippen LogP contribution in [-0.2, 0) is 7.05 Å². The molecular formula is C8H11N5S. The molecular weight excluding hydrogens is 198 g/mol. The minimum absolute atomic E-state index is 0.596. The van der Waals surface area contributed by atoms with Gasteiger partial charge < -0.3 is 0 Å². The van der Waals surface area contributed by atoms with Crippen LogP contribution in [0.3, 0.4) is 0 Å². The van der Waals surface area contributed by atoms with E-state index in [4.69, 9.17) is 12.2 Å². The van der Waals surface area contributed by atoms with Crippen molar-refractivity contribution in [2.75, 3.05) is 0 Å². The molecule has 2 heterocycles. The van der Waals surface area contributed by atoms with Gasteiger partial charge in [-0.05, 0) is 26.1 Å². The molecule has 14 heavy (non-hydrogen) atoms. The first kappa shape index (κ1) is 9.14. The van der Waals surface area contributed by atoms with Gasteiger partial charge in [-0.1, -0.05) is 0 Å². The maximum Gasteiger partial charge on any atom is 0.199 e. The molecule has 0 aliphatic carbocycles. The first-order valence-corrected chi connectivity index (χ1v) is 4.65. The van der Waals surface area contributed by atoms with Crippen molar-refractivity contribution in [2.45, 2.75) is 13.8 Å². The second-order valence-electron chi connectivity index (χ2n) is 3.18. The minimum atomic E-state index is 0.596. The molecule has 0 aliphatic heterocycles. The Kier molecular flexibility index (Phi) is 1.99. The monoisotopic (exact) mass is 209 g/mol. The third-order valence-electron chi connectivity index (χ3n) is 2.07. The van der Waals surface area contributed by atoms with E-state index in [-0.39, 0.29) is 0 Å². The van der Waals surface area contributed by atoms with Crippen molar-refractivity contribution in [2.24, 2.45) is 7.05 Å². The van der Waals surface area contributed by atoms with E-state index in [1.54, 1.807) is 4.68 Å². The van der Waals surface area contributed by atoms with Crippen LogP contribution in [0.1, 0.15) is 11.5 Å². The molecule has 2 aromatic heterocycles. The van der Waals surface area contributed by atoms with Crippen molar-refractivity contribution in [1.29, 1.82) is 0 Å². The fraction of sp³-hybridized carbons (Fsp3) is 0.375. The molecule has 6 heteroatoms. The predicted molar refractivity (Wildman–Crippen MR) is 55.0 cm³/mol. The van der Waals surface area contributed by atoms with Gasteiger partial charge >= 0.3 is 0 Å². The topological polar surface area (TPSA) is 51.4 Å². The van der Waals surface area contributed by atoms with Crippen LogP contribution < -0.4 is 0 Å².